The largest absolute Gasteiger partial charge is 0.511 e. The molecule has 150 valence electrons. The Bertz CT molecular complexity index is 688. The molecule has 4 nitrogen and oxygen atoms in total. The predicted octanol–water partition coefficient (Wildman–Crippen LogP) is 4.24. The van der Waals surface area contributed by atoms with Gasteiger partial charge in [-0.1, -0.05) is 45.8 Å². The summed E-state index contributed by atoms with van der Waals surface area (Å²) in [6, 6.07) is 0. The first-order valence-corrected chi connectivity index (χ1v) is 10.6. The molecule has 1 saturated carbocycles. The quantitative estimate of drug-likeness (QED) is 0.570. The minimum atomic E-state index is -0.420. The van der Waals surface area contributed by atoms with Gasteiger partial charge in [-0.2, -0.15) is 0 Å². The zero-order valence-corrected chi connectivity index (χ0v) is 17.2. The fraction of sp³-hybridized carbons (Fsp3) is 0.739. The van der Waals surface area contributed by atoms with Crippen molar-refractivity contribution in [3.63, 3.8) is 0 Å². The summed E-state index contributed by atoms with van der Waals surface area (Å²) in [5, 5.41) is 21.3. The van der Waals surface area contributed by atoms with Gasteiger partial charge in [-0.3, -0.25) is 9.59 Å². The maximum absolute atomic E-state index is 13.6. The molecule has 0 radical (unpaired) electrons. The molecule has 0 heterocycles. The second-order valence-electron chi connectivity index (χ2n) is 9.12. The van der Waals surface area contributed by atoms with Crippen molar-refractivity contribution in [2.75, 3.05) is 0 Å². The Kier molecular flexibility index (Phi) is 5.67. The van der Waals surface area contributed by atoms with Gasteiger partial charge in [0.25, 0.3) is 0 Å². The van der Waals surface area contributed by atoms with Crippen molar-refractivity contribution in [3.8, 4) is 0 Å². The SMILES string of the molecule is CCC1C(C)=CC2CC(C)C(O)C(CC)C2C1C(=O)C1=C(O)C(C)CC1=O. The number of ketones is 2. The van der Waals surface area contributed by atoms with E-state index in [-0.39, 0.29) is 70.7 Å². The van der Waals surface area contributed by atoms with Gasteiger partial charge in [-0.25, -0.2) is 0 Å². The van der Waals surface area contributed by atoms with E-state index in [2.05, 4.69) is 33.8 Å². The zero-order valence-electron chi connectivity index (χ0n) is 17.2. The second-order valence-corrected chi connectivity index (χ2v) is 9.12. The van der Waals surface area contributed by atoms with Crippen LogP contribution in [0.5, 0.6) is 0 Å². The van der Waals surface area contributed by atoms with Gasteiger partial charge >= 0.3 is 0 Å². The number of fused-ring (bicyclic) bond motifs is 1. The zero-order chi connectivity index (χ0) is 20.0. The number of rotatable bonds is 4. The van der Waals surface area contributed by atoms with E-state index >= 15 is 0 Å². The van der Waals surface area contributed by atoms with Crippen LogP contribution in [-0.2, 0) is 9.59 Å². The van der Waals surface area contributed by atoms with Crippen molar-refractivity contribution >= 4 is 11.6 Å². The summed E-state index contributed by atoms with van der Waals surface area (Å²) in [5.41, 5.74) is 1.26. The first kappa shape index (κ1) is 20.3. The van der Waals surface area contributed by atoms with Crippen LogP contribution in [0.4, 0.5) is 0 Å². The molecule has 1 fully saturated rings. The normalized spacial score (nSPS) is 42.1. The van der Waals surface area contributed by atoms with Gasteiger partial charge in [-0.15, -0.1) is 0 Å². The number of allylic oxidation sites excluding steroid dienone is 4. The molecule has 2 N–H and O–H groups in total. The monoisotopic (exact) mass is 374 g/mol. The molecule has 8 unspecified atom stereocenters. The molecule has 0 aromatic heterocycles. The molecule has 4 heteroatoms. The Hall–Kier alpha value is -1.42. The van der Waals surface area contributed by atoms with Crippen LogP contribution in [0.25, 0.3) is 0 Å². The van der Waals surface area contributed by atoms with E-state index in [0.29, 0.717) is 0 Å². The van der Waals surface area contributed by atoms with E-state index in [1.807, 2.05) is 0 Å². The Labute approximate surface area is 162 Å². The Balaban J connectivity index is 2.09. The number of aliphatic hydroxyl groups excluding tert-OH is 2. The van der Waals surface area contributed by atoms with Crippen molar-refractivity contribution in [2.45, 2.75) is 66.4 Å². The molecule has 8 atom stereocenters. The van der Waals surface area contributed by atoms with Gasteiger partial charge < -0.3 is 10.2 Å². The molecule has 0 aromatic rings. The van der Waals surface area contributed by atoms with Gasteiger partial charge in [0.2, 0.25) is 0 Å². The molecule has 27 heavy (non-hydrogen) atoms. The van der Waals surface area contributed by atoms with Crippen LogP contribution in [0.1, 0.15) is 60.3 Å². The predicted molar refractivity (Wildman–Crippen MR) is 105 cm³/mol. The van der Waals surface area contributed by atoms with E-state index in [1.54, 1.807) is 6.92 Å². The highest BCUT2D eigenvalue weighted by Gasteiger charge is 2.52. The summed E-state index contributed by atoms with van der Waals surface area (Å²) < 4.78 is 0. The van der Waals surface area contributed by atoms with E-state index in [4.69, 9.17) is 0 Å². The average Bonchev–Trinajstić information content (AvgIpc) is 2.87. The summed E-state index contributed by atoms with van der Waals surface area (Å²) in [5.74, 6) is -0.433. The van der Waals surface area contributed by atoms with Crippen LogP contribution in [-0.4, -0.2) is 27.9 Å². The fourth-order valence-electron chi connectivity index (χ4n) is 6.16. The minimum absolute atomic E-state index is 0.0265. The summed E-state index contributed by atoms with van der Waals surface area (Å²) in [6.45, 7) is 10.1. The number of hydrogen-bond acceptors (Lipinski definition) is 4. The maximum atomic E-state index is 13.6. The third kappa shape index (κ3) is 3.20. The molecule has 3 rings (SSSR count). The van der Waals surface area contributed by atoms with Gasteiger partial charge in [-0.05, 0) is 49.4 Å². The van der Waals surface area contributed by atoms with Crippen LogP contribution < -0.4 is 0 Å². The molecule has 3 aliphatic rings. The van der Waals surface area contributed by atoms with Crippen molar-refractivity contribution < 1.29 is 19.8 Å². The first-order valence-electron chi connectivity index (χ1n) is 10.6. The van der Waals surface area contributed by atoms with Crippen molar-refractivity contribution in [1.82, 2.24) is 0 Å². The van der Waals surface area contributed by atoms with Crippen LogP contribution in [0, 0.1) is 41.4 Å². The summed E-state index contributed by atoms with van der Waals surface area (Å²) >= 11 is 0. The van der Waals surface area contributed by atoms with Gasteiger partial charge in [0, 0.05) is 18.3 Å². The topological polar surface area (TPSA) is 74.6 Å². The average molecular weight is 375 g/mol. The highest BCUT2D eigenvalue weighted by atomic mass is 16.3. The molecular formula is C23H34O4. The smallest absolute Gasteiger partial charge is 0.173 e. The summed E-state index contributed by atoms with van der Waals surface area (Å²) in [6.07, 6.45) is 4.63. The third-order valence-corrected chi connectivity index (χ3v) is 7.52. The molecule has 0 aliphatic heterocycles. The van der Waals surface area contributed by atoms with Crippen LogP contribution in [0.3, 0.4) is 0 Å². The van der Waals surface area contributed by atoms with E-state index in [9.17, 15) is 19.8 Å². The number of hydrogen-bond donors (Lipinski definition) is 2. The summed E-state index contributed by atoms with van der Waals surface area (Å²) in [7, 11) is 0. The maximum Gasteiger partial charge on any atom is 0.173 e. The second kappa shape index (κ2) is 7.54. The van der Waals surface area contributed by atoms with Crippen molar-refractivity contribution in [2.24, 2.45) is 41.4 Å². The lowest BCUT2D eigenvalue weighted by Crippen LogP contribution is -2.51. The van der Waals surface area contributed by atoms with Crippen LogP contribution in [0.15, 0.2) is 23.0 Å². The number of carbonyl (C=O) groups is 2. The molecular weight excluding hydrogens is 340 g/mol. The van der Waals surface area contributed by atoms with E-state index in [1.165, 1.54) is 5.57 Å². The molecule has 0 amide bonds. The highest BCUT2D eigenvalue weighted by Crippen LogP contribution is 2.52. The van der Waals surface area contributed by atoms with E-state index < -0.39 is 6.10 Å². The minimum Gasteiger partial charge on any atom is -0.511 e. The van der Waals surface area contributed by atoms with Crippen LogP contribution >= 0.6 is 0 Å². The lowest BCUT2D eigenvalue weighted by molar-refractivity contribution is -0.131. The fourth-order valence-corrected chi connectivity index (χ4v) is 6.16. The Morgan fingerprint density at radius 2 is 1.89 bits per heavy atom. The van der Waals surface area contributed by atoms with Gasteiger partial charge in [0.1, 0.15) is 5.76 Å². The number of aliphatic hydroxyl groups is 2. The first-order chi connectivity index (χ1) is 12.7. The van der Waals surface area contributed by atoms with Gasteiger partial charge in [0.05, 0.1) is 11.7 Å². The van der Waals surface area contributed by atoms with Crippen LogP contribution in [0.2, 0.25) is 0 Å². The molecule has 0 bridgehead atoms. The van der Waals surface area contributed by atoms with Gasteiger partial charge in [0.15, 0.2) is 11.6 Å². The molecule has 0 spiro atoms. The third-order valence-electron chi connectivity index (χ3n) is 7.52. The lowest BCUT2D eigenvalue weighted by atomic mass is 9.54. The van der Waals surface area contributed by atoms with Crippen molar-refractivity contribution in [3.05, 3.63) is 23.0 Å². The molecule has 0 aromatic carbocycles. The lowest BCUT2D eigenvalue weighted by Gasteiger charge is -2.51. The Morgan fingerprint density at radius 1 is 1.22 bits per heavy atom. The van der Waals surface area contributed by atoms with E-state index in [0.717, 1.165) is 19.3 Å². The highest BCUT2D eigenvalue weighted by molar-refractivity contribution is 6.23. The summed E-state index contributed by atoms with van der Waals surface area (Å²) in [4.78, 5) is 26.1. The molecule has 3 aliphatic carbocycles. The van der Waals surface area contributed by atoms with Crippen molar-refractivity contribution in [1.29, 1.82) is 0 Å². The number of Topliss-reactive ketones (excluding diaryl/α,β-unsaturated/α-hetero) is 2. The Morgan fingerprint density at radius 3 is 2.41 bits per heavy atom. The molecule has 0 saturated heterocycles. The standard InChI is InChI=1S/C23H34O4/c1-6-15-11(3)8-14-9-12(4)21(25)16(7-2)18(14)19(15)23(27)20-17(24)10-13(5)22(20)26/h8,12-16,18-19,21,25-26H,6-7,9-10H2,1-5H3. The number of carbonyl (C=O) groups excluding carboxylic acids is 2.